The number of carbonyl (C=O) groups excluding carboxylic acids is 1. The van der Waals surface area contributed by atoms with Crippen LogP contribution >= 0.6 is 11.3 Å². The molecule has 0 saturated heterocycles. The number of aryl methyl sites for hydroxylation is 1. The summed E-state index contributed by atoms with van der Waals surface area (Å²) >= 11 is 1.08. The minimum absolute atomic E-state index is 0.144. The zero-order chi connectivity index (χ0) is 19.4. The van der Waals surface area contributed by atoms with Gasteiger partial charge in [-0.25, -0.2) is 9.59 Å². The summed E-state index contributed by atoms with van der Waals surface area (Å²) in [6.07, 6.45) is 0. The molecule has 8 heteroatoms. The maximum Gasteiger partial charge on any atom is 0.348 e. The van der Waals surface area contributed by atoms with Gasteiger partial charge in [-0.3, -0.25) is 13.9 Å². The smallest absolute Gasteiger partial charge is 0.348 e. The van der Waals surface area contributed by atoms with Gasteiger partial charge in [-0.15, -0.1) is 11.3 Å². The van der Waals surface area contributed by atoms with Crippen molar-refractivity contribution >= 4 is 27.5 Å². The number of carbonyl (C=O) groups is 1. The van der Waals surface area contributed by atoms with Crippen LogP contribution in [0.2, 0.25) is 0 Å². The molecule has 2 heterocycles. The zero-order valence-corrected chi connectivity index (χ0v) is 16.0. The highest BCUT2D eigenvalue weighted by Crippen LogP contribution is 2.22. The Morgan fingerprint density at radius 2 is 1.93 bits per heavy atom. The predicted octanol–water partition coefficient (Wildman–Crippen LogP) is 2.16. The van der Waals surface area contributed by atoms with Crippen LogP contribution in [-0.2, 0) is 29.7 Å². The Labute approximate surface area is 159 Å². The molecule has 0 unspecified atom stereocenters. The van der Waals surface area contributed by atoms with Crippen molar-refractivity contribution in [3.63, 3.8) is 0 Å². The summed E-state index contributed by atoms with van der Waals surface area (Å²) in [6.45, 7) is 2.93. The van der Waals surface area contributed by atoms with Crippen LogP contribution in [0.15, 0.2) is 46.0 Å². The van der Waals surface area contributed by atoms with Crippen LogP contribution in [0.4, 0.5) is 0 Å². The van der Waals surface area contributed by atoms with Gasteiger partial charge in [-0.1, -0.05) is 30.3 Å². The van der Waals surface area contributed by atoms with Crippen molar-refractivity contribution in [3.05, 3.63) is 67.7 Å². The fourth-order valence-electron chi connectivity index (χ4n) is 2.68. The van der Waals surface area contributed by atoms with Crippen LogP contribution in [0, 0.1) is 0 Å². The lowest BCUT2D eigenvalue weighted by Gasteiger charge is -2.07. The van der Waals surface area contributed by atoms with E-state index in [0.29, 0.717) is 16.8 Å². The first-order valence-corrected chi connectivity index (χ1v) is 9.36. The number of ether oxygens (including phenoxy) is 2. The monoisotopic (exact) mass is 388 g/mol. The molecule has 0 aliphatic rings. The van der Waals surface area contributed by atoms with Gasteiger partial charge in [0.15, 0.2) is 0 Å². The normalized spacial score (nSPS) is 11.0. The van der Waals surface area contributed by atoms with Crippen molar-refractivity contribution in [2.45, 2.75) is 20.1 Å². The van der Waals surface area contributed by atoms with E-state index in [2.05, 4.69) is 0 Å². The van der Waals surface area contributed by atoms with E-state index >= 15 is 0 Å². The van der Waals surface area contributed by atoms with E-state index < -0.39 is 17.2 Å². The summed E-state index contributed by atoms with van der Waals surface area (Å²) in [5, 5.41) is 0.324. The number of esters is 1. The quantitative estimate of drug-likeness (QED) is 0.458. The number of thiophene rings is 1. The first-order chi connectivity index (χ1) is 13.0. The molecule has 142 valence electrons. The molecule has 2 aromatic heterocycles. The molecule has 0 amide bonds. The van der Waals surface area contributed by atoms with Gasteiger partial charge in [0, 0.05) is 13.7 Å². The minimum Gasteiger partial charge on any atom is -0.457 e. The minimum atomic E-state index is -0.521. The molecule has 0 N–H and O–H groups in total. The SMILES string of the molecule is CCOCCn1c(=O)c2cc(C(=O)OCc3ccccc3)sc2n(C)c1=O. The lowest BCUT2D eigenvalue weighted by molar-refractivity contribution is 0.0478. The van der Waals surface area contributed by atoms with Crippen molar-refractivity contribution in [2.24, 2.45) is 7.05 Å². The molecule has 0 spiro atoms. The van der Waals surface area contributed by atoms with E-state index in [4.69, 9.17) is 9.47 Å². The molecule has 0 aliphatic carbocycles. The summed E-state index contributed by atoms with van der Waals surface area (Å²) in [7, 11) is 1.58. The highest BCUT2D eigenvalue weighted by Gasteiger charge is 2.18. The van der Waals surface area contributed by atoms with E-state index in [1.165, 1.54) is 10.6 Å². The van der Waals surface area contributed by atoms with Gasteiger partial charge < -0.3 is 9.47 Å². The Morgan fingerprint density at radius 1 is 1.19 bits per heavy atom. The largest absolute Gasteiger partial charge is 0.457 e. The lowest BCUT2D eigenvalue weighted by Crippen LogP contribution is -2.39. The average Bonchev–Trinajstić information content (AvgIpc) is 3.14. The third-order valence-electron chi connectivity index (χ3n) is 4.09. The van der Waals surface area contributed by atoms with Crippen molar-refractivity contribution in [1.29, 1.82) is 0 Å². The second-order valence-electron chi connectivity index (χ2n) is 5.89. The Morgan fingerprint density at radius 3 is 2.63 bits per heavy atom. The third kappa shape index (κ3) is 4.01. The molecular weight excluding hydrogens is 368 g/mol. The van der Waals surface area contributed by atoms with E-state index in [0.717, 1.165) is 21.5 Å². The van der Waals surface area contributed by atoms with Gasteiger partial charge in [0.1, 0.15) is 16.3 Å². The van der Waals surface area contributed by atoms with Crippen LogP contribution in [-0.4, -0.2) is 28.3 Å². The molecule has 7 nitrogen and oxygen atoms in total. The Balaban J connectivity index is 1.89. The van der Waals surface area contributed by atoms with Crippen molar-refractivity contribution in [2.75, 3.05) is 13.2 Å². The van der Waals surface area contributed by atoms with Crippen LogP contribution < -0.4 is 11.2 Å². The van der Waals surface area contributed by atoms with Gasteiger partial charge in [-0.05, 0) is 18.6 Å². The molecular formula is C19H20N2O5S. The number of benzene rings is 1. The van der Waals surface area contributed by atoms with Gasteiger partial charge in [0.25, 0.3) is 5.56 Å². The van der Waals surface area contributed by atoms with Crippen molar-refractivity contribution in [3.8, 4) is 0 Å². The van der Waals surface area contributed by atoms with E-state index in [9.17, 15) is 14.4 Å². The van der Waals surface area contributed by atoms with E-state index in [-0.39, 0.29) is 24.6 Å². The molecule has 0 aliphatic heterocycles. The third-order valence-corrected chi connectivity index (χ3v) is 5.28. The maximum atomic E-state index is 12.7. The van der Waals surface area contributed by atoms with Crippen molar-refractivity contribution in [1.82, 2.24) is 9.13 Å². The highest BCUT2D eigenvalue weighted by molar-refractivity contribution is 7.20. The summed E-state index contributed by atoms with van der Waals surface area (Å²) in [6, 6.07) is 10.8. The molecule has 0 saturated carbocycles. The maximum absolute atomic E-state index is 12.7. The van der Waals surface area contributed by atoms with Crippen LogP contribution in [0.1, 0.15) is 22.2 Å². The first kappa shape index (κ1) is 19.1. The van der Waals surface area contributed by atoms with E-state index in [1.807, 2.05) is 37.3 Å². The van der Waals surface area contributed by atoms with Crippen LogP contribution in [0.25, 0.3) is 10.2 Å². The van der Waals surface area contributed by atoms with Crippen LogP contribution in [0.3, 0.4) is 0 Å². The first-order valence-electron chi connectivity index (χ1n) is 8.55. The van der Waals surface area contributed by atoms with E-state index in [1.54, 1.807) is 7.05 Å². The van der Waals surface area contributed by atoms with Gasteiger partial charge in [-0.2, -0.15) is 0 Å². The Kier molecular flexibility index (Phi) is 5.88. The standard InChI is InChI=1S/C19H20N2O5S/c1-3-25-10-9-21-16(22)14-11-15(27-17(14)20(2)19(21)24)18(23)26-12-13-7-5-4-6-8-13/h4-8,11H,3,9-10,12H2,1-2H3. The summed E-state index contributed by atoms with van der Waals surface area (Å²) in [5.74, 6) is -0.521. The number of aromatic nitrogens is 2. The molecule has 0 bridgehead atoms. The molecule has 3 aromatic rings. The molecule has 0 radical (unpaired) electrons. The zero-order valence-electron chi connectivity index (χ0n) is 15.1. The highest BCUT2D eigenvalue weighted by atomic mass is 32.1. The lowest BCUT2D eigenvalue weighted by atomic mass is 10.2. The Hall–Kier alpha value is -2.71. The molecule has 3 rings (SSSR count). The molecule has 27 heavy (non-hydrogen) atoms. The predicted molar refractivity (Wildman–Crippen MR) is 103 cm³/mol. The molecule has 1 aromatic carbocycles. The number of fused-ring (bicyclic) bond motifs is 1. The molecule has 0 atom stereocenters. The summed E-state index contributed by atoms with van der Waals surface area (Å²) in [4.78, 5) is 38.2. The number of nitrogens with zero attached hydrogens (tertiary/aromatic N) is 2. The fourth-order valence-corrected chi connectivity index (χ4v) is 3.67. The van der Waals surface area contributed by atoms with Gasteiger partial charge in [0.05, 0.1) is 18.5 Å². The second kappa shape index (κ2) is 8.32. The average molecular weight is 388 g/mol. The fraction of sp³-hybridized carbons (Fsp3) is 0.316. The van der Waals surface area contributed by atoms with Gasteiger partial charge in [0.2, 0.25) is 0 Å². The topological polar surface area (TPSA) is 79.5 Å². The summed E-state index contributed by atoms with van der Waals surface area (Å²) in [5.41, 5.74) is 0.0158. The number of hydrogen-bond donors (Lipinski definition) is 0. The second-order valence-corrected chi connectivity index (χ2v) is 6.92. The molecule has 0 fully saturated rings. The Bertz CT molecular complexity index is 1070. The van der Waals surface area contributed by atoms with Crippen molar-refractivity contribution < 1.29 is 14.3 Å². The van der Waals surface area contributed by atoms with Gasteiger partial charge >= 0.3 is 11.7 Å². The number of rotatable bonds is 7. The summed E-state index contributed by atoms with van der Waals surface area (Å²) < 4.78 is 13.1. The van der Waals surface area contributed by atoms with Crippen LogP contribution in [0.5, 0.6) is 0 Å². The number of hydrogen-bond acceptors (Lipinski definition) is 6.